The molecule has 0 spiro atoms. The maximum absolute atomic E-state index is 12.8. The molecule has 2 aromatic rings. The monoisotopic (exact) mass is 363 g/mol. The fourth-order valence-electron chi connectivity index (χ4n) is 4.24. The Morgan fingerprint density at radius 3 is 2.74 bits per heavy atom. The highest BCUT2D eigenvalue weighted by molar-refractivity contribution is 5.95. The van der Waals surface area contributed by atoms with Gasteiger partial charge in [-0.05, 0) is 50.7 Å². The van der Waals surface area contributed by atoms with Crippen LogP contribution in [0.5, 0.6) is 0 Å². The molecule has 1 unspecified atom stereocenters. The minimum absolute atomic E-state index is 0.277. The van der Waals surface area contributed by atoms with Crippen molar-refractivity contribution >= 4 is 17.5 Å². The fraction of sp³-hybridized carbons (Fsp3) is 0.364. The number of aryl methyl sites for hydroxylation is 1. The molecule has 1 aliphatic carbocycles. The molecule has 1 aromatic carbocycles. The van der Waals surface area contributed by atoms with E-state index in [1.807, 2.05) is 44.2 Å². The topological polar surface area (TPSA) is 77.2 Å². The summed E-state index contributed by atoms with van der Waals surface area (Å²) in [5.74, 6) is 0.188. The lowest BCUT2D eigenvalue weighted by atomic mass is 9.79. The number of ether oxygens (including phenoxy) is 1. The number of carbonyl (C=O) groups is 1. The summed E-state index contributed by atoms with van der Waals surface area (Å²) in [5.41, 5.74) is 13.0. The van der Waals surface area contributed by atoms with Crippen LogP contribution in [0.2, 0.25) is 0 Å². The van der Waals surface area contributed by atoms with Crippen molar-refractivity contribution in [3.05, 3.63) is 64.0 Å². The van der Waals surface area contributed by atoms with E-state index in [9.17, 15) is 4.79 Å². The molecule has 0 amide bonds. The standard InChI is InChI=1S/C22H25N3O2/c1-3-27-22(26)17-13(2)24-21-19(18(17)14-9-5-4-6-10-14)20(23)15-11-7-8-12-16(15)25-21/h4-6,9-10,18H,3,7-8,11-12H2,1-2H3,(H3,23,24,25). The molecule has 3 N–H and O–H groups in total. The number of anilines is 2. The quantitative estimate of drug-likeness (QED) is 0.808. The SMILES string of the molecule is CCOC(=O)C1=C(C)Nc2nc3c(c(N)c2C1c1ccccc1)CCCC3. The van der Waals surface area contributed by atoms with Gasteiger partial charge in [-0.25, -0.2) is 9.78 Å². The van der Waals surface area contributed by atoms with Crippen LogP contribution in [0.15, 0.2) is 41.6 Å². The Bertz CT molecular complexity index is 919. The van der Waals surface area contributed by atoms with Crippen LogP contribution < -0.4 is 11.1 Å². The zero-order chi connectivity index (χ0) is 19.0. The minimum atomic E-state index is -0.306. The van der Waals surface area contributed by atoms with Crippen LogP contribution in [-0.2, 0) is 22.4 Å². The van der Waals surface area contributed by atoms with Crippen molar-refractivity contribution in [3.8, 4) is 0 Å². The summed E-state index contributed by atoms with van der Waals surface area (Å²) < 4.78 is 5.37. The van der Waals surface area contributed by atoms with Crippen LogP contribution in [0.3, 0.4) is 0 Å². The van der Waals surface area contributed by atoms with Crippen LogP contribution in [0.4, 0.5) is 11.5 Å². The average molecular weight is 363 g/mol. The Balaban J connectivity index is 1.95. The zero-order valence-electron chi connectivity index (χ0n) is 15.8. The molecule has 4 rings (SSSR count). The van der Waals surface area contributed by atoms with Gasteiger partial charge >= 0.3 is 5.97 Å². The molecule has 0 bridgehead atoms. The second-order valence-corrected chi connectivity index (χ2v) is 7.15. The number of esters is 1. The van der Waals surface area contributed by atoms with Crippen molar-refractivity contribution in [1.82, 2.24) is 4.98 Å². The van der Waals surface area contributed by atoms with Gasteiger partial charge in [-0.15, -0.1) is 0 Å². The summed E-state index contributed by atoms with van der Waals surface area (Å²) >= 11 is 0. The molecule has 0 radical (unpaired) electrons. The first-order valence-electron chi connectivity index (χ1n) is 9.62. The van der Waals surface area contributed by atoms with Gasteiger partial charge < -0.3 is 15.8 Å². The fourth-order valence-corrected chi connectivity index (χ4v) is 4.24. The second-order valence-electron chi connectivity index (χ2n) is 7.15. The van der Waals surface area contributed by atoms with E-state index in [1.165, 1.54) is 0 Å². The van der Waals surface area contributed by atoms with Gasteiger partial charge in [0.1, 0.15) is 5.82 Å². The molecule has 5 nitrogen and oxygen atoms in total. The molecule has 1 aliphatic heterocycles. The minimum Gasteiger partial charge on any atom is -0.463 e. The second kappa shape index (κ2) is 7.06. The molecular weight excluding hydrogens is 338 g/mol. The van der Waals surface area contributed by atoms with Crippen LogP contribution in [-0.4, -0.2) is 17.6 Å². The maximum atomic E-state index is 12.8. The Morgan fingerprint density at radius 1 is 1.26 bits per heavy atom. The molecule has 0 saturated heterocycles. The van der Waals surface area contributed by atoms with Crippen molar-refractivity contribution in [3.63, 3.8) is 0 Å². The Hall–Kier alpha value is -2.82. The highest BCUT2D eigenvalue weighted by atomic mass is 16.5. The van der Waals surface area contributed by atoms with E-state index in [4.69, 9.17) is 15.5 Å². The molecule has 27 heavy (non-hydrogen) atoms. The first-order valence-corrected chi connectivity index (χ1v) is 9.62. The van der Waals surface area contributed by atoms with E-state index in [0.717, 1.165) is 65.3 Å². The van der Waals surface area contributed by atoms with E-state index >= 15 is 0 Å². The molecule has 2 aliphatic rings. The lowest BCUT2D eigenvalue weighted by Gasteiger charge is -2.32. The van der Waals surface area contributed by atoms with Gasteiger partial charge in [-0.3, -0.25) is 0 Å². The summed E-state index contributed by atoms with van der Waals surface area (Å²) in [6.07, 6.45) is 4.17. The molecular formula is C22H25N3O2. The average Bonchev–Trinajstić information content (AvgIpc) is 2.68. The number of hydrogen-bond donors (Lipinski definition) is 2. The Labute approximate surface area is 159 Å². The number of aromatic nitrogens is 1. The number of carbonyl (C=O) groups excluding carboxylic acids is 1. The van der Waals surface area contributed by atoms with Crippen molar-refractivity contribution in [2.24, 2.45) is 0 Å². The predicted molar refractivity (Wildman–Crippen MR) is 107 cm³/mol. The van der Waals surface area contributed by atoms with Crippen molar-refractivity contribution in [2.75, 3.05) is 17.7 Å². The van der Waals surface area contributed by atoms with Crippen molar-refractivity contribution < 1.29 is 9.53 Å². The van der Waals surface area contributed by atoms with Crippen LogP contribution in [0.25, 0.3) is 0 Å². The smallest absolute Gasteiger partial charge is 0.336 e. The third-order valence-corrected chi connectivity index (χ3v) is 5.47. The third kappa shape index (κ3) is 2.97. The number of nitrogens with zero attached hydrogens (tertiary/aromatic N) is 1. The molecule has 1 aromatic heterocycles. The largest absolute Gasteiger partial charge is 0.463 e. The summed E-state index contributed by atoms with van der Waals surface area (Å²) in [5, 5.41) is 3.33. The number of pyridine rings is 1. The zero-order valence-corrected chi connectivity index (χ0v) is 15.8. The number of nitrogens with two attached hydrogens (primary N) is 1. The molecule has 140 valence electrons. The van der Waals surface area contributed by atoms with Gasteiger partial charge in [0.25, 0.3) is 0 Å². The molecule has 0 saturated carbocycles. The molecule has 5 heteroatoms. The van der Waals surface area contributed by atoms with E-state index in [0.29, 0.717) is 12.2 Å². The van der Waals surface area contributed by atoms with E-state index in [2.05, 4.69) is 5.32 Å². The van der Waals surface area contributed by atoms with Crippen molar-refractivity contribution in [2.45, 2.75) is 45.4 Å². The number of nitrogen functional groups attached to an aromatic ring is 1. The highest BCUT2D eigenvalue weighted by Gasteiger charge is 2.36. The normalized spacial score (nSPS) is 18.4. The summed E-state index contributed by atoms with van der Waals surface area (Å²) in [6, 6.07) is 10.0. The van der Waals surface area contributed by atoms with Crippen LogP contribution in [0.1, 0.15) is 55.0 Å². The molecule has 1 atom stereocenters. The van der Waals surface area contributed by atoms with Gasteiger partial charge in [0.15, 0.2) is 0 Å². The Morgan fingerprint density at radius 2 is 2.00 bits per heavy atom. The lowest BCUT2D eigenvalue weighted by Crippen LogP contribution is -2.27. The van der Waals surface area contributed by atoms with E-state index in [1.54, 1.807) is 0 Å². The third-order valence-electron chi connectivity index (χ3n) is 5.47. The number of rotatable bonds is 3. The summed E-state index contributed by atoms with van der Waals surface area (Å²) in [6.45, 7) is 4.06. The first kappa shape index (κ1) is 17.6. The lowest BCUT2D eigenvalue weighted by molar-refractivity contribution is -0.138. The van der Waals surface area contributed by atoms with Gasteiger partial charge in [0, 0.05) is 28.6 Å². The van der Waals surface area contributed by atoms with E-state index in [-0.39, 0.29) is 11.9 Å². The molecule has 0 fully saturated rings. The molecule has 2 heterocycles. The van der Waals surface area contributed by atoms with E-state index < -0.39 is 0 Å². The number of allylic oxidation sites excluding steroid dienone is 1. The number of hydrogen-bond acceptors (Lipinski definition) is 5. The predicted octanol–water partition coefficient (Wildman–Crippen LogP) is 3.94. The van der Waals surface area contributed by atoms with Crippen LogP contribution >= 0.6 is 0 Å². The number of fused-ring (bicyclic) bond motifs is 2. The maximum Gasteiger partial charge on any atom is 0.336 e. The van der Waals surface area contributed by atoms with Gasteiger partial charge in [-0.2, -0.15) is 0 Å². The van der Waals surface area contributed by atoms with Gasteiger partial charge in [0.2, 0.25) is 0 Å². The van der Waals surface area contributed by atoms with Crippen LogP contribution in [0, 0.1) is 0 Å². The highest BCUT2D eigenvalue weighted by Crippen LogP contribution is 2.46. The van der Waals surface area contributed by atoms with Gasteiger partial charge in [-0.1, -0.05) is 30.3 Å². The number of nitrogens with one attached hydrogen (secondary N) is 1. The van der Waals surface area contributed by atoms with Crippen molar-refractivity contribution in [1.29, 1.82) is 0 Å². The number of benzene rings is 1. The summed E-state index contributed by atoms with van der Waals surface area (Å²) in [4.78, 5) is 17.7. The Kier molecular flexibility index (Phi) is 4.60. The van der Waals surface area contributed by atoms with Gasteiger partial charge in [0.05, 0.1) is 12.2 Å². The summed E-state index contributed by atoms with van der Waals surface area (Å²) in [7, 11) is 0. The first-order chi connectivity index (χ1) is 13.1.